The third-order valence-corrected chi connectivity index (χ3v) is 11.8. The Morgan fingerprint density at radius 1 is 0.274 bits per heavy atom. The first-order valence-electron chi connectivity index (χ1n) is 20.7. The lowest BCUT2D eigenvalue weighted by Gasteiger charge is -2.14. The third-order valence-electron chi connectivity index (χ3n) is 11.8. The van der Waals surface area contributed by atoms with Gasteiger partial charge in [0.2, 0.25) is 0 Å². The van der Waals surface area contributed by atoms with Gasteiger partial charge < -0.3 is 8.83 Å². The van der Waals surface area contributed by atoms with E-state index in [1.807, 2.05) is 42.6 Å². The minimum atomic E-state index is 0.645. The molecule has 0 amide bonds. The van der Waals surface area contributed by atoms with Crippen LogP contribution in [0.4, 0.5) is 0 Å². The second-order valence-electron chi connectivity index (χ2n) is 15.6. The molecule has 8 aromatic carbocycles. The molecule has 0 aliphatic carbocycles. The van der Waals surface area contributed by atoms with Crippen LogP contribution in [0.1, 0.15) is 0 Å². The van der Waals surface area contributed by atoms with E-state index in [4.69, 9.17) is 18.8 Å². The lowest BCUT2D eigenvalue weighted by molar-refractivity contribution is 0.668. The molecule has 0 bridgehead atoms. The molecule has 12 rings (SSSR count). The Bertz CT molecular complexity index is 3410. The van der Waals surface area contributed by atoms with Gasteiger partial charge in [0.15, 0.2) is 5.82 Å². The van der Waals surface area contributed by atoms with Crippen LogP contribution in [0.25, 0.3) is 122 Å². The summed E-state index contributed by atoms with van der Waals surface area (Å²) in [5, 5.41) is 4.34. The van der Waals surface area contributed by atoms with Gasteiger partial charge in [0.1, 0.15) is 22.3 Å². The van der Waals surface area contributed by atoms with Gasteiger partial charge in [0.05, 0.1) is 11.4 Å². The van der Waals surface area contributed by atoms with Crippen LogP contribution in [-0.4, -0.2) is 15.0 Å². The standard InChI is InChI=1S/C57H35N3O2/c1-2-11-36(12-3-1)37-13-9-16-42(28-37)57-59-51(41-15-8-14-38(27-41)43-17-10-26-58-35-43)34-52(60-57)46-30-44(39-22-24-55-49(32-39)47-18-4-6-20-53(47)61-55)29-45(31-46)40-23-25-56-50(33-40)48-19-5-7-21-54(48)62-56/h1-35H. The van der Waals surface area contributed by atoms with Crippen molar-refractivity contribution in [1.29, 1.82) is 0 Å². The van der Waals surface area contributed by atoms with Gasteiger partial charge in [-0.05, 0) is 118 Å². The van der Waals surface area contributed by atoms with Crippen molar-refractivity contribution in [2.75, 3.05) is 0 Å². The number of furan rings is 2. The molecule has 0 aliphatic heterocycles. The van der Waals surface area contributed by atoms with Gasteiger partial charge in [-0.3, -0.25) is 4.98 Å². The van der Waals surface area contributed by atoms with Crippen LogP contribution in [0.3, 0.4) is 0 Å². The summed E-state index contributed by atoms with van der Waals surface area (Å²) < 4.78 is 12.5. The second-order valence-corrected chi connectivity index (χ2v) is 15.6. The highest BCUT2D eigenvalue weighted by atomic mass is 16.3. The highest BCUT2D eigenvalue weighted by Crippen LogP contribution is 2.40. The molecule has 12 aromatic rings. The van der Waals surface area contributed by atoms with E-state index < -0.39 is 0 Å². The predicted molar refractivity (Wildman–Crippen MR) is 252 cm³/mol. The summed E-state index contributed by atoms with van der Waals surface area (Å²) in [7, 11) is 0. The van der Waals surface area contributed by atoms with Crippen molar-refractivity contribution in [3.63, 3.8) is 0 Å². The fourth-order valence-corrected chi connectivity index (χ4v) is 8.65. The molecule has 0 radical (unpaired) electrons. The quantitative estimate of drug-likeness (QED) is 0.161. The second kappa shape index (κ2) is 14.7. The van der Waals surface area contributed by atoms with Crippen molar-refractivity contribution in [3.8, 4) is 78.4 Å². The van der Waals surface area contributed by atoms with Crippen molar-refractivity contribution >= 4 is 43.9 Å². The fourth-order valence-electron chi connectivity index (χ4n) is 8.65. The van der Waals surface area contributed by atoms with E-state index in [-0.39, 0.29) is 0 Å². The molecule has 0 saturated heterocycles. The summed E-state index contributed by atoms with van der Waals surface area (Å²) in [5.74, 6) is 0.645. The molecule has 0 spiro atoms. The van der Waals surface area contributed by atoms with E-state index in [0.29, 0.717) is 5.82 Å². The number of hydrogen-bond acceptors (Lipinski definition) is 5. The summed E-state index contributed by atoms with van der Waals surface area (Å²) in [4.78, 5) is 15.1. The van der Waals surface area contributed by atoms with Crippen molar-refractivity contribution in [2.45, 2.75) is 0 Å². The number of benzene rings is 8. The Balaban J connectivity index is 1.08. The lowest BCUT2D eigenvalue weighted by atomic mass is 9.93. The molecular weight excluding hydrogens is 759 g/mol. The van der Waals surface area contributed by atoms with Crippen LogP contribution in [-0.2, 0) is 0 Å². The van der Waals surface area contributed by atoms with Crippen LogP contribution < -0.4 is 0 Å². The minimum absolute atomic E-state index is 0.645. The van der Waals surface area contributed by atoms with Gasteiger partial charge in [0.25, 0.3) is 0 Å². The number of aromatic nitrogens is 3. The summed E-state index contributed by atoms with van der Waals surface area (Å²) in [6.45, 7) is 0. The van der Waals surface area contributed by atoms with Gasteiger partial charge in [-0.2, -0.15) is 0 Å². The van der Waals surface area contributed by atoms with Crippen LogP contribution in [0.5, 0.6) is 0 Å². The molecule has 0 atom stereocenters. The molecule has 62 heavy (non-hydrogen) atoms. The summed E-state index contributed by atoms with van der Waals surface area (Å²) in [6.07, 6.45) is 3.69. The predicted octanol–water partition coefficient (Wildman–Crippen LogP) is 15.3. The van der Waals surface area contributed by atoms with E-state index >= 15 is 0 Å². The molecule has 0 aliphatic rings. The number of rotatable bonds is 7. The highest BCUT2D eigenvalue weighted by molar-refractivity contribution is 6.07. The maximum absolute atomic E-state index is 6.25. The van der Waals surface area contributed by atoms with Gasteiger partial charge >= 0.3 is 0 Å². The molecule has 5 nitrogen and oxygen atoms in total. The number of fused-ring (bicyclic) bond motifs is 6. The number of para-hydroxylation sites is 2. The Hall–Kier alpha value is -8.41. The lowest BCUT2D eigenvalue weighted by Crippen LogP contribution is -1.97. The first kappa shape index (κ1) is 35.5. The topological polar surface area (TPSA) is 65.0 Å². The molecule has 4 aromatic heterocycles. The Morgan fingerprint density at radius 3 is 1.39 bits per heavy atom. The summed E-state index contributed by atoms with van der Waals surface area (Å²) in [5.41, 5.74) is 16.6. The molecule has 0 unspecified atom stereocenters. The molecule has 0 fully saturated rings. The van der Waals surface area contributed by atoms with Crippen molar-refractivity contribution in [1.82, 2.24) is 15.0 Å². The average molecular weight is 794 g/mol. The van der Waals surface area contributed by atoms with Gasteiger partial charge in [-0.1, -0.05) is 121 Å². The van der Waals surface area contributed by atoms with Crippen LogP contribution in [0, 0.1) is 0 Å². The minimum Gasteiger partial charge on any atom is -0.456 e. The Morgan fingerprint density at radius 2 is 0.742 bits per heavy atom. The molecule has 290 valence electrons. The Kier molecular flexibility index (Phi) is 8.42. The zero-order chi connectivity index (χ0) is 41.0. The van der Waals surface area contributed by atoms with Crippen LogP contribution in [0.2, 0.25) is 0 Å². The molecule has 5 heteroatoms. The monoisotopic (exact) mass is 793 g/mol. The zero-order valence-corrected chi connectivity index (χ0v) is 33.4. The number of pyridine rings is 1. The van der Waals surface area contributed by atoms with E-state index in [1.165, 1.54) is 0 Å². The van der Waals surface area contributed by atoms with Crippen molar-refractivity contribution in [2.24, 2.45) is 0 Å². The van der Waals surface area contributed by atoms with E-state index in [1.54, 1.807) is 6.20 Å². The zero-order valence-electron chi connectivity index (χ0n) is 33.4. The Labute approximate surface area is 357 Å². The van der Waals surface area contributed by atoms with Crippen LogP contribution >= 0.6 is 0 Å². The normalized spacial score (nSPS) is 11.5. The first-order chi connectivity index (χ1) is 30.7. The smallest absolute Gasteiger partial charge is 0.160 e. The maximum Gasteiger partial charge on any atom is 0.160 e. The highest BCUT2D eigenvalue weighted by Gasteiger charge is 2.17. The van der Waals surface area contributed by atoms with Gasteiger partial charge in [-0.15, -0.1) is 0 Å². The van der Waals surface area contributed by atoms with Crippen molar-refractivity contribution < 1.29 is 8.83 Å². The molecule has 4 heterocycles. The van der Waals surface area contributed by atoms with Gasteiger partial charge in [-0.25, -0.2) is 9.97 Å². The molecule has 0 saturated carbocycles. The molecule has 0 N–H and O–H groups in total. The number of hydrogen-bond donors (Lipinski definition) is 0. The maximum atomic E-state index is 6.25. The summed E-state index contributed by atoms with van der Waals surface area (Å²) >= 11 is 0. The van der Waals surface area contributed by atoms with Crippen molar-refractivity contribution in [3.05, 3.63) is 213 Å². The van der Waals surface area contributed by atoms with Crippen LogP contribution in [0.15, 0.2) is 221 Å². The SMILES string of the molecule is c1ccc(-c2cccc(-c3nc(-c4cccc(-c5cccnc5)c4)cc(-c4cc(-c5ccc6oc7ccccc7c6c5)cc(-c5ccc6oc7ccccc7c6c5)c4)n3)c2)cc1. The fraction of sp³-hybridized carbons (Fsp3) is 0. The van der Waals surface area contributed by atoms with E-state index in [9.17, 15) is 0 Å². The first-order valence-corrected chi connectivity index (χ1v) is 20.7. The van der Waals surface area contributed by atoms with Gasteiger partial charge in [0, 0.05) is 56.2 Å². The average Bonchev–Trinajstić information content (AvgIpc) is 3.92. The van der Waals surface area contributed by atoms with E-state index in [0.717, 1.165) is 116 Å². The van der Waals surface area contributed by atoms with E-state index in [2.05, 4.69) is 169 Å². The molecular formula is C57H35N3O2. The largest absolute Gasteiger partial charge is 0.456 e. The summed E-state index contributed by atoms with van der Waals surface area (Å²) in [6, 6.07) is 69.8. The third kappa shape index (κ3) is 6.40. The number of nitrogens with zero attached hydrogens (tertiary/aromatic N) is 3.